The van der Waals surface area contributed by atoms with Crippen molar-refractivity contribution in [1.82, 2.24) is 29.8 Å². The average Bonchev–Trinajstić information content (AvgIpc) is 3.77. The zero-order valence-corrected chi connectivity index (χ0v) is 33.4. The number of H-pyrrole nitrogens is 1. The van der Waals surface area contributed by atoms with Gasteiger partial charge in [0.05, 0.1) is 28.5 Å². The van der Waals surface area contributed by atoms with Crippen LogP contribution < -0.4 is 0 Å². The molecule has 0 atom stereocenters. The van der Waals surface area contributed by atoms with E-state index in [1.54, 1.807) is 0 Å². The van der Waals surface area contributed by atoms with Crippen molar-refractivity contribution in [3.63, 3.8) is 0 Å². The van der Waals surface area contributed by atoms with Gasteiger partial charge in [-0.1, -0.05) is 140 Å². The molecule has 266 valence electrons. The first-order chi connectivity index (χ1) is 22.6. The monoisotopic (exact) mass is 665 g/mol. The SMILES string of the molecule is CC(C)c1cc(C(C)(C)C)n[nH]1.CC(C)c1cc(C(C)(C)C)nn1-c1ccccc1.Cc1ccc(-n2nc(C(C)(C)C)cc2C(C)C)cc1. The van der Waals surface area contributed by atoms with Crippen molar-refractivity contribution < 1.29 is 0 Å². The van der Waals surface area contributed by atoms with Crippen molar-refractivity contribution in [2.24, 2.45) is 0 Å². The standard InChI is InChI=1S/C17H24N2.C16H22N2.C10H18N2/c1-12(2)15-11-16(17(4,5)6)18-19(15)14-9-7-13(3)8-10-14;1-12(2)14-11-15(16(3,4)5)17-18(14)13-9-7-6-8-10-13;1-7(2)8-6-9(12-11-8)10(3,4)5/h7-12H,1-6H3;6-12H,1-5H3;6-7H,1-5H3,(H,11,12). The number of aromatic amines is 1. The Labute approximate surface area is 297 Å². The molecule has 49 heavy (non-hydrogen) atoms. The number of aryl methyl sites for hydroxylation is 1. The van der Waals surface area contributed by atoms with E-state index in [1.807, 2.05) is 6.07 Å². The van der Waals surface area contributed by atoms with E-state index < -0.39 is 0 Å². The minimum absolute atomic E-state index is 0.0829. The Kier molecular flexibility index (Phi) is 12.7. The number of benzene rings is 2. The molecule has 0 fully saturated rings. The van der Waals surface area contributed by atoms with Gasteiger partial charge in [0.1, 0.15) is 0 Å². The Morgan fingerprint density at radius 2 is 0.918 bits per heavy atom. The van der Waals surface area contributed by atoms with E-state index in [-0.39, 0.29) is 16.2 Å². The minimum atomic E-state index is 0.0829. The second kappa shape index (κ2) is 15.7. The van der Waals surface area contributed by atoms with Crippen molar-refractivity contribution in [3.8, 4) is 11.4 Å². The molecule has 0 amide bonds. The first kappa shape index (κ1) is 39.5. The molecule has 1 N–H and O–H groups in total. The molecular formula is C43H64N6. The molecule has 5 aromatic rings. The lowest BCUT2D eigenvalue weighted by Gasteiger charge is -2.14. The van der Waals surface area contributed by atoms with E-state index in [0.29, 0.717) is 17.8 Å². The van der Waals surface area contributed by atoms with Crippen molar-refractivity contribution in [2.75, 3.05) is 0 Å². The van der Waals surface area contributed by atoms with Crippen molar-refractivity contribution in [3.05, 3.63) is 113 Å². The molecule has 2 aromatic carbocycles. The lowest BCUT2D eigenvalue weighted by molar-refractivity contribution is 0.559. The van der Waals surface area contributed by atoms with E-state index in [4.69, 9.17) is 10.2 Å². The molecule has 0 radical (unpaired) electrons. The summed E-state index contributed by atoms with van der Waals surface area (Å²) in [5.74, 6) is 1.47. The smallest absolute Gasteiger partial charge is 0.0685 e. The molecule has 0 saturated heterocycles. The van der Waals surface area contributed by atoms with E-state index in [9.17, 15) is 0 Å². The molecule has 0 bridgehead atoms. The Morgan fingerprint density at radius 1 is 0.510 bits per heavy atom. The van der Waals surface area contributed by atoms with Crippen LogP contribution in [0.25, 0.3) is 11.4 Å². The zero-order chi connectivity index (χ0) is 36.9. The summed E-state index contributed by atoms with van der Waals surface area (Å²) in [6, 6.07) is 25.5. The van der Waals surface area contributed by atoms with E-state index in [1.165, 1.54) is 22.6 Å². The highest BCUT2D eigenvalue weighted by Crippen LogP contribution is 2.29. The Hall–Kier alpha value is -3.93. The average molecular weight is 665 g/mol. The lowest BCUT2D eigenvalue weighted by Crippen LogP contribution is -2.12. The summed E-state index contributed by atoms with van der Waals surface area (Å²) < 4.78 is 4.16. The highest BCUT2D eigenvalue weighted by Gasteiger charge is 2.23. The summed E-state index contributed by atoms with van der Waals surface area (Å²) in [6.45, 7) is 35.0. The summed E-state index contributed by atoms with van der Waals surface area (Å²) in [5.41, 5.74) is 11.1. The highest BCUT2D eigenvalue weighted by atomic mass is 15.3. The Morgan fingerprint density at radius 3 is 1.24 bits per heavy atom. The third-order valence-electron chi connectivity index (χ3n) is 8.46. The van der Waals surface area contributed by atoms with Gasteiger partial charge in [-0.2, -0.15) is 15.3 Å². The van der Waals surface area contributed by atoms with Gasteiger partial charge in [0.15, 0.2) is 0 Å². The van der Waals surface area contributed by atoms with Crippen LogP contribution in [0.1, 0.15) is 161 Å². The van der Waals surface area contributed by atoms with Gasteiger partial charge in [0, 0.05) is 33.3 Å². The molecule has 5 rings (SSSR count). The van der Waals surface area contributed by atoms with Crippen LogP contribution in [-0.2, 0) is 16.2 Å². The van der Waals surface area contributed by atoms with Crippen molar-refractivity contribution in [1.29, 1.82) is 0 Å². The van der Waals surface area contributed by atoms with Crippen LogP contribution in [0.15, 0.2) is 72.8 Å². The number of rotatable bonds is 5. The topological polar surface area (TPSA) is 64.3 Å². The molecule has 0 spiro atoms. The molecule has 0 unspecified atom stereocenters. The second-order valence-electron chi connectivity index (χ2n) is 17.3. The van der Waals surface area contributed by atoms with Crippen LogP contribution >= 0.6 is 0 Å². The molecule has 3 aromatic heterocycles. The largest absolute Gasteiger partial charge is 0.282 e. The van der Waals surface area contributed by atoms with Crippen molar-refractivity contribution >= 4 is 0 Å². The molecule has 0 aliphatic heterocycles. The summed E-state index contributed by atoms with van der Waals surface area (Å²) in [4.78, 5) is 0. The normalized spacial score (nSPS) is 12.2. The zero-order valence-electron chi connectivity index (χ0n) is 33.4. The molecule has 3 heterocycles. The van der Waals surface area contributed by atoms with Gasteiger partial charge in [0.2, 0.25) is 0 Å². The van der Waals surface area contributed by atoms with Gasteiger partial charge in [-0.25, -0.2) is 9.36 Å². The van der Waals surface area contributed by atoms with Gasteiger partial charge >= 0.3 is 0 Å². The van der Waals surface area contributed by atoms with Gasteiger partial charge in [0.25, 0.3) is 0 Å². The second-order valence-corrected chi connectivity index (χ2v) is 17.3. The first-order valence-corrected chi connectivity index (χ1v) is 18.0. The van der Waals surface area contributed by atoms with Crippen LogP contribution in [-0.4, -0.2) is 29.8 Å². The summed E-state index contributed by atoms with van der Waals surface area (Å²) in [5, 5.41) is 17.0. The van der Waals surface area contributed by atoms with Gasteiger partial charge in [-0.15, -0.1) is 0 Å². The number of nitrogens with one attached hydrogen (secondary N) is 1. The van der Waals surface area contributed by atoms with E-state index in [0.717, 1.165) is 28.5 Å². The number of hydrogen-bond donors (Lipinski definition) is 1. The van der Waals surface area contributed by atoms with E-state index >= 15 is 0 Å². The maximum atomic E-state index is 4.82. The number of nitrogens with zero attached hydrogens (tertiary/aromatic N) is 5. The van der Waals surface area contributed by atoms with Crippen LogP contribution in [0.3, 0.4) is 0 Å². The maximum absolute atomic E-state index is 4.82. The maximum Gasteiger partial charge on any atom is 0.0685 e. The predicted octanol–water partition coefficient (Wildman–Crippen LogP) is 11.7. The highest BCUT2D eigenvalue weighted by molar-refractivity contribution is 5.38. The van der Waals surface area contributed by atoms with Crippen LogP contribution in [0.4, 0.5) is 0 Å². The third kappa shape index (κ3) is 10.8. The van der Waals surface area contributed by atoms with Crippen molar-refractivity contribution in [2.45, 2.75) is 145 Å². The molecular weight excluding hydrogens is 601 g/mol. The Bertz CT molecular complexity index is 1720. The fourth-order valence-electron chi connectivity index (χ4n) is 5.03. The van der Waals surface area contributed by atoms with Gasteiger partial charge in [-0.3, -0.25) is 5.10 Å². The number of aromatic nitrogens is 6. The van der Waals surface area contributed by atoms with Crippen LogP contribution in [0.2, 0.25) is 0 Å². The fraction of sp³-hybridized carbons (Fsp3) is 0.512. The molecule has 0 aliphatic carbocycles. The fourth-order valence-corrected chi connectivity index (χ4v) is 5.03. The van der Waals surface area contributed by atoms with E-state index in [2.05, 4.69) is 197 Å². The third-order valence-corrected chi connectivity index (χ3v) is 8.46. The molecule has 6 nitrogen and oxygen atoms in total. The van der Waals surface area contributed by atoms with Gasteiger partial charge in [-0.05, 0) is 67.1 Å². The number of hydrogen-bond acceptors (Lipinski definition) is 3. The van der Waals surface area contributed by atoms with Gasteiger partial charge < -0.3 is 0 Å². The molecule has 6 heteroatoms. The quantitative estimate of drug-likeness (QED) is 0.203. The van der Waals surface area contributed by atoms with Crippen LogP contribution in [0, 0.1) is 6.92 Å². The Balaban J connectivity index is 0.000000204. The summed E-state index contributed by atoms with van der Waals surface area (Å²) >= 11 is 0. The first-order valence-electron chi connectivity index (χ1n) is 18.0. The molecule has 0 aliphatic rings. The summed E-state index contributed by atoms with van der Waals surface area (Å²) in [7, 11) is 0. The molecule has 0 saturated carbocycles. The lowest BCUT2D eigenvalue weighted by atomic mass is 9.91. The minimum Gasteiger partial charge on any atom is -0.282 e. The summed E-state index contributed by atoms with van der Waals surface area (Å²) in [6.07, 6.45) is 0. The number of para-hydroxylation sites is 1. The predicted molar refractivity (Wildman–Crippen MR) is 209 cm³/mol. The van der Waals surface area contributed by atoms with Crippen LogP contribution in [0.5, 0.6) is 0 Å².